The van der Waals surface area contributed by atoms with E-state index in [2.05, 4.69) is 5.32 Å². The first kappa shape index (κ1) is 17.4. The lowest BCUT2D eigenvalue weighted by Crippen LogP contribution is -2.54. The zero-order valence-corrected chi connectivity index (χ0v) is 12.6. The number of aliphatic carboxylic acids is 1. The van der Waals surface area contributed by atoms with Gasteiger partial charge in [0.15, 0.2) is 11.6 Å². The highest BCUT2D eigenvalue weighted by Gasteiger charge is 2.36. The molecule has 0 atom stereocenters. The molecule has 0 saturated heterocycles. The van der Waals surface area contributed by atoms with Crippen LogP contribution in [0.4, 0.5) is 8.78 Å². The van der Waals surface area contributed by atoms with E-state index in [1.807, 2.05) is 0 Å². The predicted molar refractivity (Wildman–Crippen MR) is 76.2 cm³/mol. The summed E-state index contributed by atoms with van der Waals surface area (Å²) in [6.07, 6.45) is 0.529. The molecule has 0 aliphatic heterocycles. The van der Waals surface area contributed by atoms with E-state index in [9.17, 15) is 23.5 Å². The van der Waals surface area contributed by atoms with Crippen molar-refractivity contribution in [2.75, 3.05) is 5.75 Å². The topological polar surface area (TPSA) is 66.4 Å². The van der Waals surface area contributed by atoms with Crippen molar-refractivity contribution in [1.82, 2.24) is 5.32 Å². The Morgan fingerprint density at radius 3 is 2.33 bits per heavy atom. The fourth-order valence-electron chi connectivity index (χ4n) is 1.80. The molecule has 7 heteroatoms. The van der Waals surface area contributed by atoms with Crippen LogP contribution in [-0.4, -0.2) is 28.3 Å². The molecule has 0 fully saturated rings. The number of benzene rings is 1. The summed E-state index contributed by atoms with van der Waals surface area (Å²) < 4.78 is 25.8. The molecule has 0 spiro atoms. The third kappa shape index (κ3) is 4.42. The van der Waals surface area contributed by atoms with Gasteiger partial charge in [-0.2, -0.15) is 0 Å². The van der Waals surface area contributed by atoms with Crippen LogP contribution in [0.5, 0.6) is 0 Å². The maximum atomic E-state index is 13.0. The molecule has 1 rings (SSSR count). The van der Waals surface area contributed by atoms with E-state index in [0.717, 1.165) is 23.9 Å². The molecule has 2 N–H and O–H groups in total. The summed E-state index contributed by atoms with van der Waals surface area (Å²) in [4.78, 5) is 23.5. The average Bonchev–Trinajstić information content (AvgIpc) is 2.45. The van der Waals surface area contributed by atoms with Gasteiger partial charge < -0.3 is 10.4 Å². The Morgan fingerprint density at radius 1 is 1.24 bits per heavy atom. The summed E-state index contributed by atoms with van der Waals surface area (Å²) in [5, 5.41) is 11.7. The Labute approximate surface area is 125 Å². The summed E-state index contributed by atoms with van der Waals surface area (Å²) in [6, 6.07) is 3.34. The van der Waals surface area contributed by atoms with Crippen LogP contribution in [0.15, 0.2) is 23.1 Å². The molecule has 116 valence electrons. The smallest absolute Gasteiger partial charge is 0.329 e. The largest absolute Gasteiger partial charge is 0.480 e. The zero-order valence-electron chi connectivity index (χ0n) is 11.8. The van der Waals surface area contributed by atoms with Gasteiger partial charge in [-0.1, -0.05) is 13.8 Å². The molecular weight excluding hydrogens is 300 g/mol. The molecule has 0 aliphatic carbocycles. The monoisotopic (exact) mass is 317 g/mol. The molecule has 1 aromatic rings. The minimum absolute atomic E-state index is 0.0693. The van der Waals surface area contributed by atoms with E-state index in [1.54, 1.807) is 13.8 Å². The highest BCUT2D eigenvalue weighted by atomic mass is 32.2. The van der Waals surface area contributed by atoms with Gasteiger partial charge in [-0.15, -0.1) is 11.8 Å². The lowest BCUT2D eigenvalue weighted by molar-refractivity contribution is -0.147. The lowest BCUT2D eigenvalue weighted by Gasteiger charge is -2.27. The van der Waals surface area contributed by atoms with Gasteiger partial charge in [-0.05, 0) is 31.0 Å². The second-order valence-corrected chi connectivity index (χ2v) is 5.56. The lowest BCUT2D eigenvalue weighted by atomic mass is 9.93. The highest BCUT2D eigenvalue weighted by molar-refractivity contribution is 8.00. The predicted octanol–water partition coefficient (Wildman–Crippen LogP) is 2.82. The first-order chi connectivity index (χ1) is 9.84. The summed E-state index contributed by atoms with van der Waals surface area (Å²) in [5.74, 6) is -3.55. The van der Waals surface area contributed by atoms with Gasteiger partial charge in [0, 0.05) is 4.90 Å². The third-order valence-corrected chi connectivity index (χ3v) is 4.25. The first-order valence-electron chi connectivity index (χ1n) is 6.47. The molecule has 0 aromatic heterocycles. The SMILES string of the molecule is CCC(CC)(NC(=O)CSc1ccc(F)c(F)c1)C(=O)O. The van der Waals surface area contributed by atoms with E-state index >= 15 is 0 Å². The number of hydrogen-bond donors (Lipinski definition) is 2. The number of nitrogens with one attached hydrogen (secondary N) is 1. The van der Waals surface area contributed by atoms with Crippen LogP contribution in [0, 0.1) is 11.6 Å². The summed E-state index contributed by atoms with van der Waals surface area (Å²) in [5.41, 5.74) is -1.29. The first-order valence-corrected chi connectivity index (χ1v) is 7.45. The molecule has 1 amide bonds. The number of amides is 1. The van der Waals surface area contributed by atoms with E-state index < -0.39 is 29.0 Å². The molecule has 0 bridgehead atoms. The number of rotatable bonds is 7. The number of carboxylic acid groups (broad SMARTS) is 1. The van der Waals surface area contributed by atoms with Gasteiger partial charge in [0.25, 0.3) is 0 Å². The number of carboxylic acids is 1. The van der Waals surface area contributed by atoms with Crippen LogP contribution < -0.4 is 5.32 Å². The second-order valence-electron chi connectivity index (χ2n) is 4.51. The standard InChI is InChI=1S/C14H17F2NO3S/c1-3-14(4-2,13(19)20)17-12(18)8-21-9-5-6-10(15)11(16)7-9/h5-7H,3-4,8H2,1-2H3,(H,17,18)(H,19,20). The molecular formula is C14H17F2NO3S. The number of hydrogen-bond acceptors (Lipinski definition) is 3. The van der Waals surface area contributed by atoms with Gasteiger partial charge in [0.2, 0.25) is 5.91 Å². The summed E-state index contributed by atoms with van der Waals surface area (Å²) >= 11 is 1.01. The van der Waals surface area contributed by atoms with E-state index in [4.69, 9.17) is 0 Å². The van der Waals surface area contributed by atoms with Crippen molar-refractivity contribution in [3.05, 3.63) is 29.8 Å². The maximum Gasteiger partial charge on any atom is 0.329 e. The minimum Gasteiger partial charge on any atom is -0.480 e. The maximum absolute atomic E-state index is 13.0. The molecule has 0 unspecified atom stereocenters. The van der Waals surface area contributed by atoms with Crippen molar-refractivity contribution in [2.45, 2.75) is 37.1 Å². The van der Waals surface area contributed by atoms with Crippen LogP contribution in [0.1, 0.15) is 26.7 Å². The van der Waals surface area contributed by atoms with E-state index in [1.165, 1.54) is 6.07 Å². The van der Waals surface area contributed by atoms with Crippen molar-refractivity contribution in [2.24, 2.45) is 0 Å². The molecule has 1 aromatic carbocycles. The quantitative estimate of drug-likeness (QED) is 0.759. The third-order valence-electron chi connectivity index (χ3n) is 3.26. The Hall–Kier alpha value is -1.63. The Bertz CT molecular complexity index is 533. The number of halogens is 2. The van der Waals surface area contributed by atoms with Gasteiger partial charge in [0.1, 0.15) is 5.54 Å². The van der Waals surface area contributed by atoms with Gasteiger partial charge in [-0.25, -0.2) is 13.6 Å². The van der Waals surface area contributed by atoms with Crippen molar-refractivity contribution in [3.63, 3.8) is 0 Å². The molecule has 0 radical (unpaired) electrons. The van der Waals surface area contributed by atoms with E-state index in [-0.39, 0.29) is 18.6 Å². The van der Waals surface area contributed by atoms with E-state index in [0.29, 0.717) is 4.90 Å². The normalized spacial score (nSPS) is 11.2. The van der Waals surface area contributed by atoms with Crippen molar-refractivity contribution in [3.8, 4) is 0 Å². The fraction of sp³-hybridized carbons (Fsp3) is 0.429. The highest BCUT2D eigenvalue weighted by Crippen LogP contribution is 2.21. The minimum atomic E-state index is -1.29. The fourth-order valence-corrected chi connectivity index (χ4v) is 2.52. The van der Waals surface area contributed by atoms with Crippen LogP contribution in [0.2, 0.25) is 0 Å². The Morgan fingerprint density at radius 2 is 1.86 bits per heavy atom. The number of thioether (sulfide) groups is 1. The van der Waals surface area contributed by atoms with Crippen LogP contribution in [-0.2, 0) is 9.59 Å². The molecule has 4 nitrogen and oxygen atoms in total. The van der Waals surface area contributed by atoms with Crippen LogP contribution in [0.25, 0.3) is 0 Å². The Kier molecular flexibility index (Phi) is 6.14. The van der Waals surface area contributed by atoms with Crippen molar-refractivity contribution < 1.29 is 23.5 Å². The molecule has 0 heterocycles. The Balaban J connectivity index is 2.65. The molecule has 0 saturated carbocycles. The van der Waals surface area contributed by atoms with Crippen molar-refractivity contribution in [1.29, 1.82) is 0 Å². The van der Waals surface area contributed by atoms with Gasteiger partial charge in [0.05, 0.1) is 5.75 Å². The summed E-state index contributed by atoms with van der Waals surface area (Å²) in [6.45, 7) is 3.36. The zero-order chi connectivity index (χ0) is 16.0. The summed E-state index contributed by atoms with van der Waals surface area (Å²) in [7, 11) is 0. The van der Waals surface area contributed by atoms with Crippen molar-refractivity contribution >= 4 is 23.6 Å². The molecule has 21 heavy (non-hydrogen) atoms. The second kappa shape index (κ2) is 7.40. The molecule has 0 aliphatic rings. The average molecular weight is 317 g/mol. The number of carbonyl (C=O) groups excluding carboxylic acids is 1. The van der Waals surface area contributed by atoms with Crippen LogP contribution in [0.3, 0.4) is 0 Å². The van der Waals surface area contributed by atoms with Gasteiger partial charge in [-0.3, -0.25) is 4.79 Å². The number of carbonyl (C=O) groups is 2. The van der Waals surface area contributed by atoms with Gasteiger partial charge >= 0.3 is 5.97 Å². The van der Waals surface area contributed by atoms with Crippen LogP contribution >= 0.6 is 11.8 Å².